The second kappa shape index (κ2) is 16.9. The summed E-state index contributed by atoms with van der Waals surface area (Å²) in [6.07, 6.45) is 5.46. The summed E-state index contributed by atoms with van der Waals surface area (Å²) >= 11 is 0. The van der Waals surface area contributed by atoms with Crippen molar-refractivity contribution in [1.82, 2.24) is 34.0 Å². The Morgan fingerprint density at radius 3 is 1.69 bits per heavy atom. The highest BCUT2D eigenvalue weighted by Gasteiger charge is 2.28. The number of imidazole rings is 2. The molecule has 5 N–H and O–H groups in total. The van der Waals surface area contributed by atoms with Crippen LogP contribution < -0.4 is 25.8 Å². The van der Waals surface area contributed by atoms with Crippen LogP contribution in [0, 0.1) is 13.8 Å². The molecule has 2 aliphatic heterocycles. The zero-order chi connectivity index (χ0) is 42.9. The molecule has 2 aromatic carbocycles. The maximum absolute atomic E-state index is 13.9. The number of likely N-dealkylation sites (tertiary alicyclic amines) is 1. The number of nitrogens with two attached hydrogens (primary N) is 1. The first-order chi connectivity index (χ1) is 29.4. The van der Waals surface area contributed by atoms with Crippen LogP contribution in [0.15, 0.2) is 45.3 Å². The smallest absolute Gasteiger partial charge is 0.295 e. The van der Waals surface area contributed by atoms with Gasteiger partial charge >= 0.3 is 0 Å². The lowest BCUT2D eigenvalue weighted by Gasteiger charge is -2.29. The molecule has 0 spiro atoms. The monoisotopic (exact) mass is 834 g/mol. The standard InChI is InChI=1S/C42H46N10O9/c1-5-27-35(60-22(3)44-27)38(55)48-41-46-29-18-24(37(43)54)20-31-33(29)51(41)12-7-8-13-52-34-30(47-42(52)49-39(56)36-28(6-2)45-23(4)61-36)19-25(21-32(34)59-17-9-16-58-31)40(57)50-14-10-26(53)11-15-50/h7-8,18-21,26,53H,5-6,9-17H2,1-4H3,(H2,43,54)(H,46,48,55)(H,47,49,56)/b8-7+. The minimum absolute atomic E-state index is 0.0605. The Labute approximate surface area is 348 Å². The van der Waals surface area contributed by atoms with E-state index in [0.717, 1.165) is 0 Å². The van der Waals surface area contributed by atoms with Crippen molar-refractivity contribution in [1.29, 1.82) is 0 Å². The Morgan fingerprint density at radius 1 is 0.738 bits per heavy atom. The number of hydrogen-bond donors (Lipinski definition) is 4. The lowest BCUT2D eigenvalue weighted by Crippen LogP contribution is -2.40. The van der Waals surface area contributed by atoms with Crippen LogP contribution in [0.3, 0.4) is 0 Å². The summed E-state index contributed by atoms with van der Waals surface area (Å²) in [5, 5.41) is 15.9. The molecule has 318 valence electrons. The molecule has 19 nitrogen and oxygen atoms in total. The van der Waals surface area contributed by atoms with E-state index in [9.17, 15) is 24.3 Å². The van der Waals surface area contributed by atoms with E-state index >= 15 is 0 Å². The number of aryl methyl sites for hydroxylation is 4. The number of carbonyl (C=O) groups is 4. The summed E-state index contributed by atoms with van der Waals surface area (Å²) in [6.45, 7) is 8.46. The highest BCUT2D eigenvalue weighted by atomic mass is 16.5. The molecule has 6 aromatic rings. The van der Waals surface area contributed by atoms with Crippen LogP contribution in [0.2, 0.25) is 0 Å². The van der Waals surface area contributed by atoms with Gasteiger partial charge in [0.05, 0.1) is 41.7 Å². The number of aliphatic hydroxyl groups excluding tert-OH is 1. The molecule has 6 heterocycles. The molecule has 4 aromatic heterocycles. The Hall–Kier alpha value is -7.02. The number of benzene rings is 2. The minimum atomic E-state index is -0.687. The maximum Gasteiger partial charge on any atom is 0.295 e. The first-order valence-electron chi connectivity index (χ1n) is 20.2. The number of oxazole rings is 2. The van der Waals surface area contributed by atoms with Gasteiger partial charge in [-0.1, -0.05) is 26.0 Å². The van der Waals surface area contributed by atoms with Crippen LogP contribution in [0.25, 0.3) is 22.1 Å². The molecule has 2 aliphatic rings. The van der Waals surface area contributed by atoms with Gasteiger partial charge in [-0.3, -0.25) is 29.8 Å². The number of ether oxygens (including phenoxy) is 2. The van der Waals surface area contributed by atoms with E-state index in [1.807, 2.05) is 26.0 Å². The second-order valence-corrected chi connectivity index (χ2v) is 14.8. The van der Waals surface area contributed by atoms with Crippen molar-refractivity contribution in [3.05, 3.63) is 82.2 Å². The molecule has 0 aliphatic carbocycles. The van der Waals surface area contributed by atoms with E-state index in [4.69, 9.17) is 34.0 Å². The van der Waals surface area contributed by atoms with E-state index in [2.05, 4.69) is 20.6 Å². The second-order valence-electron chi connectivity index (χ2n) is 14.8. The van der Waals surface area contributed by atoms with E-state index in [1.165, 1.54) is 12.1 Å². The summed E-state index contributed by atoms with van der Waals surface area (Å²) in [4.78, 5) is 73.6. The predicted molar refractivity (Wildman–Crippen MR) is 221 cm³/mol. The number of aromatic nitrogens is 6. The third kappa shape index (κ3) is 8.15. The molecule has 4 amide bonds. The van der Waals surface area contributed by atoms with Crippen molar-refractivity contribution < 1.29 is 42.6 Å². The number of piperidine rings is 1. The minimum Gasteiger partial charge on any atom is -0.491 e. The molecule has 19 heteroatoms. The fourth-order valence-electron chi connectivity index (χ4n) is 7.62. The fourth-order valence-corrected chi connectivity index (χ4v) is 7.62. The van der Waals surface area contributed by atoms with E-state index in [-0.39, 0.29) is 61.2 Å². The fraction of sp³-hybridized carbons (Fsp3) is 0.381. The number of hydrogen-bond acceptors (Lipinski definition) is 13. The number of aliphatic hydroxyl groups is 1. The third-order valence-electron chi connectivity index (χ3n) is 10.6. The number of nitrogens with one attached hydrogen (secondary N) is 2. The quantitative estimate of drug-likeness (QED) is 0.152. The van der Waals surface area contributed by atoms with Gasteiger partial charge in [-0.2, -0.15) is 0 Å². The van der Waals surface area contributed by atoms with Gasteiger partial charge in [0, 0.05) is 57.6 Å². The SMILES string of the molecule is CCc1nc(C)oc1C(=O)Nc1nc2cc(C(N)=O)cc3c2n1C/C=C/Cn1c(NC(=O)c2oc(C)nc2CC)nc2cc(C(=O)N4CCC(O)CC4)cc(c21)OCCCO3. The normalized spacial score (nSPS) is 15.5. The highest BCUT2D eigenvalue weighted by Crippen LogP contribution is 2.34. The van der Waals surface area contributed by atoms with Crippen molar-refractivity contribution in [2.45, 2.75) is 79.0 Å². The maximum atomic E-state index is 13.9. The number of primary amides is 1. The molecule has 0 atom stereocenters. The van der Waals surface area contributed by atoms with Crippen molar-refractivity contribution >= 4 is 57.6 Å². The summed E-state index contributed by atoms with van der Waals surface area (Å²) in [7, 11) is 0. The van der Waals surface area contributed by atoms with Crippen molar-refractivity contribution in [2.75, 3.05) is 36.9 Å². The molecule has 0 unspecified atom stereocenters. The number of carbonyl (C=O) groups excluding carboxylic acids is 4. The van der Waals surface area contributed by atoms with Crippen molar-refractivity contribution in [2.24, 2.45) is 5.73 Å². The Morgan fingerprint density at radius 2 is 1.21 bits per heavy atom. The molecule has 1 saturated heterocycles. The Kier molecular flexibility index (Phi) is 11.3. The summed E-state index contributed by atoms with van der Waals surface area (Å²) in [5.74, 6) is -0.226. The van der Waals surface area contributed by atoms with Gasteiger partial charge in [-0.15, -0.1) is 0 Å². The van der Waals surface area contributed by atoms with Gasteiger partial charge in [0.2, 0.25) is 29.3 Å². The zero-order valence-corrected chi connectivity index (χ0v) is 34.2. The summed E-state index contributed by atoms with van der Waals surface area (Å²) in [6, 6.07) is 6.41. The molecule has 0 saturated carbocycles. The molecular weight excluding hydrogens is 789 g/mol. The lowest BCUT2D eigenvalue weighted by atomic mass is 10.1. The van der Waals surface area contributed by atoms with Crippen LogP contribution in [0.5, 0.6) is 11.5 Å². The van der Waals surface area contributed by atoms with Crippen molar-refractivity contribution in [3.63, 3.8) is 0 Å². The number of anilines is 2. The van der Waals surface area contributed by atoms with E-state index < -0.39 is 23.8 Å². The predicted octanol–water partition coefficient (Wildman–Crippen LogP) is 4.72. The number of allylic oxidation sites excluding steroid dienone is 2. The van der Waals surface area contributed by atoms with Gasteiger partial charge in [0.25, 0.3) is 17.7 Å². The van der Waals surface area contributed by atoms with Crippen LogP contribution in [0.4, 0.5) is 11.9 Å². The van der Waals surface area contributed by atoms with Crippen molar-refractivity contribution in [3.8, 4) is 11.5 Å². The van der Waals surface area contributed by atoms with Gasteiger partial charge in [-0.25, -0.2) is 19.9 Å². The average Bonchev–Trinajstić information content (AvgIpc) is 4.00. The van der Waals surface area contributed by atoms with Crippen LogP contribution in [-0.2, 0) is 25.9 Å². The number of nitrogens with zero attached hydrogens (tertiary/aromatic N) is 7. The average molecular weight is 835 g/mol. The van der Waals surface area contributed by atoms with Crippen LogP contribution >= 0.6 is 0 Å². The third-order valence-corrected chi connectivity index (χ3v) is 10.6. The molecule has 8 rings (SSSR count). The van der Waals surface area contributed by atoms with Gasteiger partial charge in [0.1, 0.15) is 22.5 Å². The highest BCUT2D eigenvalue weighted by molar-refractivity contribution is 6.05. The summed E-state index contributed by atoms with van der Waals surface area (Å²) < 4.78 is 27.6. The lowest BCUT2D eigenvalue weighted by molar-refractivity contribution is 0.0545. The van der Waals surface area contributed by atoms with Gasteiger partial charge in [0.15, 0.2) is 11.8 Å². The molecule has 0 radical (unpaired) electrons. The largest absolute Gasteiger partial charge is 0.491 e. The van der Waals surface area contributed by atoms with E-state index in [1.54, 1.807) is 40.0 Å². The van der Waals surface area contributed by atoms with Crippen LogP contribution in [0.1, 0.15) is 98.1 Å². The molecule has 0 bridgehead atoms. The first kappa shape index (κ1) is 40.7. The topological polar surface area (TPSA) is 248 Å². The Balaban J connectivity index is 1.21. The number of amides is 4. The molecule has 61 heavy (non-hydrogen) atoms. The molecular formula is C42H46N10O9. The van der Waals surface area contributed by atoms with Crippen LogP contribution in [-0.4, -0.2) is 95.1 Å². The van der Waals surface area contributed by atoms with Gasteiger partial charge in [-0.05, 0) is 49.9 Å². The van der Waals surface area contributed by atoms with Gasteiger partial charge < -0.3 is 43.2 Å². The van der Waals surface area contributed by atoms with E-state index in [0.29, 0.717) is 107 Å². The first-order valence-corrected chi connectivity index (χ1v) is 20.2. The molecule has 1 fully saturated rings. The zero-order valence-electron chi connectivity index (χ0n) is 34.2. The number of rotatable bonds is 8. The summed E-state index contributed by atoms with van der Waals surface area (Å²) in [5.41, 5.74) is 8.97. The Bertz CT molecular complexity index is 2720.